The summed E-state index contributed by atoms with van der Waals surface area (Å²) in [5.41, 5.74) is 0.974. The third kappa shape index (κ3) is 5.08. The van der Waals surface area contributed by atoms with E-state index in [9.17, 15) is 17.2 Å². The Morgan fingerprint density at radius 1 is 0.944 bits per heavy atom. The lowest BCUT2D eigenvalue weighted by Crippen LogP contribution is -2.40. The Hall–Kier alpha value is -3.03. The van der Waals surface area contributed by atoms with Gasteiger partial charge >= 0.3 is 0 Å². The predicted octanol–water partition coefficient (Wildman–Crippen LogP) is 4.69. The normalized spacial score (nSPS) is 15.7. The smallest absolute Gasteiger partial charge is 0.243 e. The summed E-state index contributed by atoms with van der Waals surface area (Å²) in [6.45, 7) is 1.37. The molecule has 0 atom stereocenters. The van der Waals surface area contributed by atoms with E-state index < -0.39 is 21.7 Å². The van der Waals surface area contributed by atoms with Crippen molar-refractivity contribution in [3.05, 3.63) is 87.4 Å². The van der Waals surface area contributed by atoms with Crippen molar-refractivity contribution in [3.8, 4) is 10.6 Å². The molecule has 4 aromatic rings. The van der Waals surface area contributed by atoms with Gasteiger partial charge in [0.1, 0.15) is 11.6 Å². The molecule has 0 spiro atoms. The molecule has 0 bridgehead atoms. The number of benzene rings is 2. The van der Waals surface area contributed by atoms with Crippen molar-refractivity contribution in [2.75, 3.05) is 26.3 Å². The maximum absolute atomic E-state index is 14.2. The number of sulfonamides is 1. The summed E-state index contributed by atoms with van der Waals surface area (Å²) >= 11 is 2.80. The molecule has 186 valence electrons. The number of nitrogens with zero attached hydrogens (tertiary/aromatic N) is 4. The molecule has 5 rings (SSSR count). The highest BCUT2D eigenvalue weighted by Gasteiger charge is 2.26. The number of thiazole rings is 1. The van der Waals surface area contributed by atoms with Crippen LogP contribution in [-0.4, -0.2) is 49.9 Å². The number of hydrogen-bond donors (Lipinski definition) is 0. The van der Waals surface area contributed by atoms with Crippen LogP contribution in [0.5, 0.6) is 0 Å². The molecule has 0 amide bonds. The molecular weight excluding hydrogens is 526 g/mol. The molecule has 36 heavy (non-hydrogen) atoms. The van der Waals surface area contributed by atoms with Gasteiger partial charge in [-0.1, -0.05) is 12.1 Å². The van der Waals surface area contributed by atoms with E-state index in [-0.39, 0.29) is 10.5 Å². The minimum atomic E-state index is -3.62. The fourth-order valence-electron chi connectivity index (χ4n) is 3.57. The maximum atomic E-state index is 14.2. The standard InChI is InChI=1S/C24H20F2N4O3S3/c25-20-3-1-4-21(26)19(20)15-27-30-22(23-5-2-14-34-23)16-35-24(30)28-17-6-8-18(9-7-17)36(31,32)29-10-12-33-13-11-29/h1-9,14-16H,10-13H2. The number of morpholine rings is 1. The largest absolute Gasteiger partial charge is 0.379 e. The van der Waals surface area contributed by atoms with Crippen molar-refractivity contribution in [2.24, 2.45) is 10.1 Å². The molecule has 0 N–H and O–H groups in total. The molecule has 0 aliphatic carbocycles. The van der Waals surface area contributed by atoms with Gasteiger partial charge < -0.3 is 4.74 Å². The van der Waals surface area contributed by atoms with E-state index in [1.54, 1.807) is 12.1 Å². The molecule has 0 unspecified atom stereocenters. The van der Waals surface area contributed by atoms with E-state index >= 15 is 0 Å². The Bertz CT molecular complexity index is 1530. The van der Waals surface area contributed by atoms with Crippen LogP contribution in [0.4, 0.5) is 14.5 Å². The van der Waals surface area contributed by atoms with Gasteiger partial charge in [-0.05, 0) is 47.8 Å². The molecule has 1 aliphatic heterocycles. The van der Waals surface area contributed by atoms with Crippen molar-refractivity contribution < 1.29 is 21.9 Å². The monoisotopic (exact) mass is 546 g/mol. The zero-order chi connectivity index (χ0) is 25.1. The first-order chi connectivity index (χ1) is 17.4. The molecule has 2 aromatic heterocycles. The molecule has 1 saturated heterocycles. The summed E-state index contributed by atoms with van der Waals surface area (Å²) in [6.07, 6.45) is 1.13. The highest BCUT2D eigenvalue weighted by atomic mass is 32.2. The van der Waals surface area contributed by atoms with Crippen LogP contribution in [0.15, 0.2) is 80.3 Å². The molecular formula is C24H20F2N4O3S3. The average Bonchev–Trinajstić information content (AvgIpc) is 3.55. The van der Waals surface area contributed by atoms with Crippen molar-refractivity contribution in [1.29, 1.82) is 0 Å². The van der Waals surface area contributed by atoms with Gasteiger partial charge in [0.25, 0.3) is 0 Å². The molecule has 7 nitrogen and oxygen atoms in total. The van der Waals surface area contributed by atoms with Crippen LogP contribution >= 0.6 is 22.7 Å². The van der Waals surface area contributed by atoms with E-state index in [4.69, 9.17) is 4.74 Å². The molecule has 3 heterocycles. The summed E-state index contributed by atoms with van der Waals surface area (Å²) in [5, 5.41) is 8.13. The Labute approximate surface area is 214 Å². The summed E-state index contributed by atoms with van der Waals surface area (Å²) in [5.74, 6) is -1.44. The van der Waals surface area contributed by atoms with Crippen LogP contribution in [-0.2, 0) is 14.8 Å². The van der Waals surface area contributed by atoms with E-state index in [0.29, 0.717) is 42.5 Å². The zero-order valence-corrected chi connectivity index (χ0v) is 21.2. The third-order valence-corrected chi connectivity index (χ3v) is 9.05. The highest BCUT2D eigenvalue weighted by molar-refractivity contribution is 7.89. The van der Waals surface area contributed by atoms with Crippen LogP contribution in [0.25, 0.3) is 10.6 Å². The topological polar surface area (TPSA) is 76.3 Å². The van der Waals surface area contributed by atoms with Gasteiger partial charge in [-0.25, -0.2) is 26.9 Å². The zero-order valence-electron chi connectivity index (χ0n) is 18.8. The van der Waals surface area contributed by atoms with Gasteiger partial charge in [0.15, 0.2) is 0 Å². The fourth-order valence-corrected chi connectivity index (χ4v) is 6.63. The van der Waals surface area contributed by atoms with Gasteiger partial charge in [0.2, 0.25) is 14.8 Å². The molecule has 1 fully saturated rings. The van der Waals surface area contributed by atoms with Crippen LogP contribution in [0.2, 0.25) is 0 Å². The van der Waals surface area contributed by atoms with Crippen molar-refractivity contribution in [2.45, 2.75) is 4.90 Å². The van der Waals surface area contributed by atoms with Crippen LogP contribution in [0.1, 0.15) is 5.56 Å². The number of halogens is 2. The Kier molecular flexibility index (Phi) is 7.21. The molecule has 2 aromatic carbocycles. The minimum absolute atomic E-state index is 0.176. The molecule has 1 aliphatic rings. The first kappa shape index (κ1) is 24.7. The first-order valence-corrected chi connectivity index (χ1v) is 14.1. The molecule has 12 heteroatoms. The van der Waals surface area contributed by atoms with E-state index in [1.165, 1.54) is 62.0 Å². The summed E-state index contributed by atoms with van der Waals surface area (Å²) in [7, 11) is -3.62. The van der Waals surface area contributed by atoms with E-state index in [0.717, 1.165) is 11.1 Å². The Morgan fingerprint density at radius 3 is 2.33 bits per heavy atom. The second-order valence-electron chi connectivity index (χ2n) is 7.69. The van der Waals surface area contributed by atoms with Crippen molar-refractivity contribution >= 4 is 44.6 Å². The van der Waals surface area contributed by atoms with E-state index in [1.807, 2.05) is 22.9 Å². The first-order valence-electron chi connectivity index (χ1n) is 10.9. The van der Waals surface area contributed by atoms with Crippen molar-refractivity contribution in [3.63, 3.8) is 0 Å². The Balaban J connectivity index is 1.52. The van der Waals surface area contributed by atoms with Crippen LogP contribution < -0.4 is 4.80 Å². The summed E-state index contributed by atoms with van der Waals surface area (Å²) in [4.78, 5) is 6.16. The number of hydrogen-bond acceptors (Lipinski definition) is 7. The van der Waals surface area contributed by atoms with Gasteiger partial charge in [-0.2, -0.15) is 9.41 Å². The number of thiophene rings is 1. The lowest BCUT2D eigenvalue weighted by atomic mass is 10.2. The van der Waals surface area contributed by atoms with Gasteiger partial charge in [-0.3, -0.25) is 0 Å². The van der Waals surface area contributed by atoms with E-state index in [2.05, 4.69) is 10.1 Å². The fraction of sp³-hybridized carbons (Fsp3) is 0.167. The van der Waals surface area contributed by atoms with Crippen LogP contribution in [0, 0.1) is 11.6 Å². The average molecular weight is 547 g/mol. The molecule has 0 radical (unpaired) electrons. The van der Waals surface area contributed by atoms with Gasteiger partial charge in [0, 0.05) is 18.5 Å². The second kappa shape index (κ2) is 10.5. The van der Waals surface area contributed by atoms with Gasteiger partial charge in [0.05, 0.1) is 46.1 Å². The third-order valence-electron chi connectivity index (χ3n) is 5.43. The summed E-state index contributed by atoms with van der Waals surface area (Å²) < 4.78 is 62.2. The lowest BCUT2D eigenvalue weighted by molar-refractivity contribution is 0.0730. The van der Waals surface area contributed by atoms with Gasteiger partial charge in [-0.15, -0.1) is 22.7 Å². The quantitative estimate of drug-likeness (QED) is 0.329. The highest BCUT2D eigenvalue weighted by Crippen LogP contribution is 2.26. The maximum Gasteiger partial charge on any atom is 0.243 e. The minimum Gasteiger partial charge on any atom is -0.379 e. The number of aromatic nitrogens is 1. The number of ether oxygens (including phenoxy) is 1. The summed E-state index contributed by atoms with van der Waals surface area (Å²) in [6, 6.07) is 13.7. The van der Waals surface area contributed by atoms with Crippen molar-refractivity contribution in [1.82, 2.24) is 8.98 Å². The number of rotatable bonds is 6. The predicted molar refractivity (Wildman–Crippen MR) is 136 cm³/mol. The molecule has 0 saturated carbocycles. The lowest BCUT2D eigenvalue weighted by Gasteiger charge is -2.26. The van der Waals surface area contributed by atoms with Crippen LogP contribution in [0.3, 0.4) is 0 Å². The second-order valence-corrected chi connectivity index (χ2v) is 11.4. The Morgan fingerprint density at radius 2 is 1.67 bits per heavy atom. The SMILES string of the molecule is O=S(=O)(c1ccc(N=c2scc(-c3cccs3)n2N=Cc2c(F)cccc2F)cc1)N1CCOCC1.